The van der Waals surface area contributed by atoms with E-state index in [1.165, 1.54) is 6.21 Å². The molecule has 0 amide bonds. The van der Waals surface area contributed by atoms with Gasteiger partial charge in [0.25, 0.3) is 5.69 Å². The van der Waals surface area contributed by atoms with Crippen LogP contribution >= 0.6 is 39.1 Å². The first kappa shape index (κ1) is 24.8. The predicted molar refractivity (Wildman–Crippen MR) is 124 cm³/mol. The summed E-state index contributed by atoms with van der Waals surface area (Å²) in [6, 6.07) is 12.5. The summed E-state index contributed by atoms with van der Waals surface area (Å²) < 4.78 is 44.7. The van der Waals surface area contributed by atoms with Crippen LogP contribution in [0.4, 0.5) is 24.5 Å². The Kier molecular flexibility index (Phi) is 7.83. The van der Waals surface area contributed by atoms with Crippen molar-refractivity contribution in [2.24, 2.45) is 5.10 Å². The maximum absolute atomic E-state index is 12.8. The van der Waals surface area contributed by atoms with Crippen molar-refractivity contribution in [3.8, 4) is 5.75 Å². The lowest BCUT2D eigenvalue weighted by atomic mass is 10.1. The second-order valence-electron chi connectivity index (χ2n) is 6.55. The molecule has 1 N–H and O–H groups in total. The molecule has 6 nitrogen and oxygen atoms in total. The van der Waals surface area contributed by atoms with Crippen LogP contribution in [0.5, 0.6) is 5.75 Å². The van der Waals surface area contributed by atoms with Gasteiger partial charge in [-0.25, -0.2) is 0 Å². The van der Waals surface area contributed by atoms with Crippen molar-refractivity contribution in [3.05, 3.63) is 95.9 Å². The largest absolute Gasteiger partial charge is 0.486 e. The molecule has 0 saturated carbocycles. The first-order valence-electron chi connectivity index (χ1n) is 9.06. The van der Waals surface area contributed by atoms with Crippen molar-refractivity contribution in [2.75, 3.05) is 5.43 Å². The molecule has 0 aliphatic carbocycles. The molecule has 0 aliphatic rings. The van der Waals surface area contributed by atoms with E-state index in [2.05, 4.69) is 26.5 Å². The minimum Gasteiger partial charge on any atom is -0.486 e. The van der Waals surface area contributed by atoms with Gasteiger partial charge in [0.1, 0.15) is 12.3 Å². The van der Waals surface area contributed by atoms with Crippen molar-refractivity contribution < 1.29 is 22.8 Å². The summed E-state index contributed by atoms with van der Waals surface area (Å²) in [5.74, 6) is 0.375. The summed E-state index contributed by atoms with van der Waals surface area (Å²) in [4.78, 5) is 10.2. The molecule has 0 aliphatic heterocycles. The van der Waals surface area contributed by atoms with Crippen LogP contribution in [-0.2, 0) is 12.8 Å². The molecule has 3 aromatic carbocycles. The Bertz CT molecular complexity index is 1200. The lowest BCUT2D eigenvalue weighted by Gasteiger charge is -2.12. The predicted octanol–water partition coefficient (Wildman–Crippen LogP) is 7.71. The number of ether oxygens (including phenoxy) is 1. The number of nitrogens with one attached hydrogen (secondary N) is 1. The molecule has 172 valence electrons. The van der Waals surface area contributed by atoms with Crippen molar-refractivity contribution in [1.82, 2.24) is 0 Å². The summed E-state index contributed by atoms with van der Waals surface area (Å²) in [6.45, 7) is 0.185. The number of hydrogen-bond acceptors (Lipinski definition) is 5. The van der Waals surface area contributed by atoms with Gasteiger partial charge < -0.3 is 4.74 Å². The van der Waals surface area contributed by atoms with Crippen molar-refractivity contribution >= 4 is 56.7 Å². The van der Waals surface area contributed by atoms with Crippen LogP contribution in [0.25, 0.3) is 0 Å². The van der Waals surface area contributed by atoms with Gasteiger partial charge in [-0.15, -0.1) is 0 Å². The fourth-order valence-electron chi connectivity index (χ4n) is 2.69. The van der Waals surface area contributed by atoms with Gasteiger partial charge in [-0.2, -0.15) is 18.3 Å². The average Bonchev–Trinajstić information content (AvgIpc) is 2.73. The molecule has 3 aromatic rings. The number of nitro groups is 1. The number of alkyl halides is 3. The molecule has 0 atom stereocenters. The summed E-state index contributed by atoms with van der Waals surface area (Å²) in [5, 5.41) is 15.8. The first-order valence-corrected chi connectivity index (χ1v) is 10.6. The summed E-state index contributed by atoms with van der Waals surface area (Å²) in [7, 11) is 0. The Hall–Kier alpha value is -2.82. The van der Waals surface area contributed by atoms with E-state index in [0.29, 0.717) is 26.9 Å². The highest BCUT2D eigenvalue weighted by Gasteiger charge is 2.33. The van der Waals surface area contributed by atoms with Crippen molar-refractivity contribution in [2.45, 2.75) is 12.8 Å². The Morgan fingerprint density at radius 3 is 2.48 bits per heavy atom. The maximum Gasteiger partial charge on any atom is 0.416 e. The third kappa shape index (κ3) is 6.37. The number of halogens is 6. The van der Waals surface area contributed by atoms with E-state index in [4.69, 9.17) is 27.9 Å². The molecular weight excluding hydrogens is 550 g/mol. The van der Waals surface area contributed by atoms with Crippen molar-refractivity contribution in [1.29, 1.82) is 0 Å². The molecule has 3 rings (SSSR count). The number of nitro benzene ring substituents is 1. The summed E-state index contributed by atoms with van der Waals surface area (Å²) in [6.07, 6.45) is -3.40. The van der Waals surface area contributed by atoms with E-state index in [-0.39, 0.29) is 17.3 Å². The Labute approximate surface area is 204 Å². The van der Waals surface area contributed by atoms with Gasteiger partial charge >= 0.3 is 6.18 Å². The van der Waals surface area contributed by atoms with Crippen LogP contribution in [0.2, 0.25) is 10.0 Å². The molecule has 0 spiro atoms. The van der Waals surface area contributed by atoms with Crippen LogP contribution in [0.3, 0.4) is 0 Å². The lowest BCUT2D eigenvalue weighted by Crippen LogP contribution is -2.06. The van der Waals surface area contributed by atoms with Crippen LogP contribution in [0, 0.1) is 10.1 Å². The lowest BCUT2D eigenvalue weighted by molar-refractivity contribution is -0.384. The number of hydrogen-bond donors (Lipinski definition) is 1. The number of hydrazone groups is 1. The third-order valence-electron chi connectivity index (χ3n) is 4.27. The quantitative estimate of drug-likeness (QED) is 0.182. The highest BCUT2D eigenvalue weighted by Crippen LogP contribution is 2.36. The molecule has 33 heavy (non-hydrogen) atoms. The van der Waals surface area contributed by atoms with Crippen LogP contribution in [-0.4, -0.2) is 11.1 Å². The van der Waals surface area contributed by atoms with Crippen LogP contribution in [0.15, 0.2) is 64.2 Å². The van der Waals surface area contributed by atoms with Gasteiger partial charge in [0, 0.05) is 16.7 Å². The van der Waals surface area contributed by atoms with E-state index in [1.807, 2.05) is 12.1 Å². The molecule has 0 saturated heterocycles. The third-order valence-corrected chi connectivity index (χ3v) is 5.51. The normalized spacial score (nSPS) is 11.6. The number of benzene rings is 3. The fraction of sp³-hybridized carbons (Fsp3) is 0.0952. The molecule has 0 fully saturated rings. The number of nitrogens with zero attached hydrogens (tertiary/aromatic N) is 2. The van der Waals surface area contributed by atoms with E-state index in [9.17, 15) is 23.3 Å². The SMILES string of the molecule is O=[N+]([O-])c1cc(C(F)(F)F)ccc1N/N=C\c1cc(Cl)c(OCc2ccccc2Cl)c(Br)c1. The Balaban J connectivity index is 1.74. The van der Waals surface area contributed by atoms with Gasteiger partial charge in [-0.05, 0) is 51.8 Å². The standard InChI is InChI=1S/C21H13BrCl2F3N3O3/c22-15-7-12(8-17(24)20(15)33-11-13-3-1-2-4-16(13)23)10-28-29-18-6-5-14(21(25,26)27)9-19(18)30(31)32/h1-10,29H,11H2/b28-10-. The fourth-order valence-corrected chi connectivity index (χ4v) is 3.87. The summed E-state index contributed by atoms with van der Waals surface area (Å²) in [5.41, 5.74) is 1.56. The van der Waals surface area contributed by atoms with Gasteiger partial charge in [0.05, 0.1) is 26.2 Å². The van der Waals surface area contributed by atoms with E-state index >= 15 is 0 Å². The molecule has 0 bridgehead atoms. The number of anilines is 1. The van der Waals surface area contributed by atoms with Gasteiger partial charge in [-0.3, -0.25) is 15.5 Å². The second-order valence-corrected chi connectivity index (χ2v) is 8.22. The highest BCUT2D eigenvalue weighted by atomic mass is 79.9. The van der Waals surface area contributed by atoms with E-state index < -0.39 is 22.4 Å². The second kappa shape index (κ2) is 10.4. The maximum atomic E-state index is 12.8. The topological polar surface area (TPSA) is 76.8 Å². The molecular formula is C21H13BrCl2F3N3O3. The van der Waals surface area contributed by atoms with Crippen LogP contribution in [0.1, 0.15) is 16.7 Å². The highest BCUT2D eigenvalue weighted by molar-refractivity contribution is 9.10. The molecule has 0 unspecified atom stereocenters. The van der Waals surface area contributed by atoms with E-state index in [0.717, 1.165) is 17.7 Å². The van der Waals surface area contributed by atoms with Crippen LogP contribution < -0.4 is 10.2 Å². The molecule has 0 heterocycles. The van der Waals surface area contributed by atoms with Gasteiger partial charge in [-0.1, -0.05) is 41.4 Å². The van der Waals surface area contributed by atoms with Crippen molar-refractivity contribution in [3.63, 3.8) is 0 Å². The minimum atomic E-state index is -4.70. The average molecular weight is 563 g/mol. The molecule has 0 radical (unpaired) electrons. The Morgan fingerprint density at radius 1 is 1.12 bits per heavy atom. The van der Waals surface area contributed by atoms with Gasteiger partial charge in [0.2, 0.25) is 0 Å². The zero-order valence-corrected chi connectivity index (χ0v) is 19.5. The van der Waals surface area contributed by atoms with Gasteiger partial charge in [0.15, 0.2) is 5.75 Å². The zero-order chi connectivity index (χ0) is 24.2. The van der Waals surface area contributed by atoms with E-state index in [1.54, 1.807) is 24.3 Å². The molecule has 12 heteroatoms. The monoisotopic (exact) mass is 561 g/mol. The number of rotatable bonds is 7. The molecule has 0 aromatic heterocycles. The minimum absolute atomic E-state index is 0.185. The first-order chi connectivity index (χ1) is 15.6. The Morgan fingerprint density at radius 2 is 1.85 bits per heavy atom. The smallest absolute Gasteiger partial charge is 0.416 e. The summed E-state index contributed by atoms with van der Waals surface area (Å²) >= 11 is 15.8. The zero-order valence-electron chi connectivity index (χ0n) is 16.4.